The minimum Gasteiger partial charge on any atom is -0.298 e. The van der Waals surface area contributed by atoms with E-state index in [1.165, 1.54) is 6.42 Å². The fraction of sp³-hybridized carbons (Fsp3) is 0.900. The second-order valence-corrected chi connectivity index (χ2v) is 4.10. The minimum absolute atomic E-state index is 0.618. The lowest BCUT2D eigenvalue weighted by Crippen LogP contribution is -2.33. The molecule has 0 aromatic heterocycles. The lowest BCUT2D eigenvalue weighted by atomic mass is 10.0. The molecule has 0 aromatic carbocycles. The Morgan fingerprint density at radius 3 is 2.67 bits per heavy atom. The molecule has 1 saturated heterocycles. The van der Waals surface area contributed by atoms with Gasteiger partial charge in [0.1, 0.15) is 0 Å². The standard InChI is InChI=1S/C10H18N2/c1-8(2)12-7-10(4-5-11)6-9(12)3/h8-10H,4,6-7H2,1-3H3. The van der Waals surface area contributed by atoms with Crippen LogP contribution in [0.5, 0.6) is 0 Å². The average Bonchev–Trinajstić information content (AvgIpc) is 2.32. The van der Waals surface area contributed by atoms with E-state index in [2.05, 4.69) is 31.7 Å². The van der Waals surface area contributed by atoms with E-state index in [1.54, 1.807) is 0 Å². The van der Waals surface area contributed by atoms with Gasteiger partial charge in [0, 0.05) is 25.0 Å². The van der Waals surface area contributed by atoms with Gasteiger partial charge in [-0.3, -0.25) is 4.90 Å². The third-order valence-corrected chi connectivity index (χ3v) is 2.75. The summed E-state index contributed by atoms with van der Waals surface area (Å²) in [5.74, 6) is 0.618. The van der Waals surface area contributed by atoms with E-state index in [-0.39, 0.29) is 0 Å². The summed E-state index contributed by atoms with van der Waals surface area (Å²) in [4.78, 5) is 2.49. The molecule has 0 radical (unpaired) electrons. The van der Waals surface area contributed by atoms with E-state index in [0.29, 0.717) is 18.0 Å². The van der Waals surface area contributed by atoms with Crippen molar-refractivity contribution in [3.05, 3.63) is 0 Å². The van der Waals surface area contributed by atoms with Crippen molar-refractivity contribution in [3.63, 3.8) is 0 Å². The maximum atomic E-state index is 8.57. The molecule has 2 heteroatoms. The Kier molecular flexibility index (Phi) is 3.11. The number of hydrogen-bond donors (Lipinski definition) is 0. The molecule has 0 spiro atoms. The van der Waals surface area contributed by atoms with Gasteiger partial charge >= 0.3 is 0 Å². The van der Waals surface area contributed by atoms with Gasteiger partial charge in [-0.05, 0) is 33.1 Å². The Morgan fingerprint density at radius 2 is 2.25 bits per heavy atom. The largest absolute Gasteiger partial charge is 0.298 e. The van der Waals surface area contributed by atoms with Gasteiger partial charge in [-0.2, -0.15) is 5.26 Å². The number of nitrogens with zero attached hydrogens (tertiary/aromatic N) is 2. The van der Waals surface area contributed by atoms with E-state index in [4.69, 9.17) is 5.26 Å². The molecule has 2 nitrogen and oxygen atoms in total. The van der Waals surface area contributed by atoms with Crippen molar-refractivity contribution < 1.29 is 0 Å². The van der Waals surface area contributed by atoms with Crippen LogP contribution < -0.4 is 0 Å². The lowest BCUT2D eigenvalue weighted by molar-refractivity contribution is 0.212. The number of nitriles is 1. The maximum Gasteiger partial charge on any atom is 0.0625 e. The Hall–Kier alpha value is -0.550. The number of likely N-dealkylation sites (tertiary alicyclic amines) is 1. The van der Waals surface area contributed by atoms with Gasteiger partial charge < -0.3 is 0 Å². The molecule has 2 atom stereocenters. The predicted molar refractivity (Wildman–Crippen MR) is 49.6 cm³/mol. The summed E-state index contributed by atoms with van der Waals surface area (Å²) in [7, 11) is 0. The van der Waals surface area contributed by atoms with Crippen LogP contribution in [-0.2, 0) is 0 Å². The molecule has 0 bridgehead atoms. The SMILES string of the molecule is CC(C)N1CC(CC#N)CC1C. The van der Waals surface area contributed by atoms with Crippen LogP contribution in [0.25, 0.3) is 0 Å². The van der Waals surface area contributed by atoms with Gasteiger partial charge in [-0.1, -0.05) is 0 Å². The second kappa shape index (κ2) is 3.91. The van der Waals surface area contributed by atoms with Crippen molar-refractivity contribution in [1.82, 2.24) is 4.90 Å². The minimum atomic E-state index is 0.618. The highest BCUT2D eigenvalue weighted by atomic mass is 15.2. The summed E-state index contributed by atoms with van der Waals surface area (Å²) in [5, 5.41) is 8.57. The van der Waals surface area contributed by atoms with Crippen molar-refractivity contribution in [2.45, 2.75) is 45.7 Å². The Balaban J connectivity index is 2.46. The van der Waals surface area contributed by atoms with E-state index < -0.39 is 0 Å². The first-order valence-electron chi connectivity index (χ1n) is 4.77. The van der Waals surface area contributed by atoms with Crippen molar-refractivity contribution in [3.8, 4) is 6.07 Å². The first-order valence-corrected chi connectivity index (χ1v) is 4.77. The zero-order chi connectivity index (χ0) is 9.14. The van der Waals surface area contributed by atoms with E-state index >= 15 is 0 Å². The van der Waals surface area contributed by atoms with Crippen molar-refractivity contribution in [2.24, 2.45) is 5.92 Å². The molecule has 2 unspecified atom stereocenters. The molecule has 0 saturated carbocycles. The summed E-state index contributed by atoms with van der Waals surface area (Å²) in [6.45, 7) is 7.83. The topological polar surface area (TPSA) is 27.0 Å². The first-order chi connectivity index (χ1) is 5.65. The first kappa shape index (κ1) is 9.54. The van der Waals surface area contributed by atoms with Gasteiger partial charge in [0.25, 0.3) is 0 Å². The molecule has 1 aliphatic heterocycles. The molecule has 12 heavy (non-hydrogen) atoms. The fourth-order valence-electron chi connectivity index (χ4n) is 2.17. The summed E-state index contributed by atoms with van der Waals surface area (Å²) in [6, 6.07) is 3.56. The summed E-state index contributed by atoms with van der Waals surface area (Å²) in [5.41, 5.74) is 0. The molecular weight excluding hydrogens is 148 g/mol. The van der Waals surface area contributed by atoms with Crippen molar-refractivity contribution in [2.75, 3.05) is 6.54 Å². The zero-order valence-electron chi connectivity index (χ0n) is 8.25. The highest BCUT2D eigenvalue weighted by Gasteiger charge is 2.29. The van der Waals surface area contributed by atoms with Crippen LogP contribution in [0.4, 0.5) is 0 Å². The molecule has 1 aliphatic rings. The third-order valence-electron chi connectivity index (χ3n) is 2.75. The molecule has 0 aliphatic carbocycles. The fourth-order valence-corrected chi connectivity index (χ4v) is 2.17. The monoisotopic (exact) mass is 166 g/mol. The molecule has 68 valence electrons. The van der Waals surface area contributed by atoms with Gasteiger partial charge in [-0.25, -0.2) is 0 Å². The summed E-state index contributed by atoms with van der Waals surface area (Å²) in [6.07, 6.45) is 1.93. The van der Waals surface area contributed by atoms with Crippen LogP contribution in [0.2, 0.25) is 0 Å². The molecule has 1 fully saturated rings. The van der Waals surface area contributed by atoms with Gasteiger partial charge in [-0.15, -0.1) is 0 Å². The second-order valence-electron chi connectivity index (χ2n) is 4.10. The summed E-state index contributed by atoms with van der Waals surface area (Å²) >= 11 is 0. The van der Waals surface area contributed by atoms with Crippen LogP contribution in [0, 0.1) is 17.2 Å². The zero-order valence-corrected chi connectivity index (χ0v) is 8.25. The molecule has 0 N–H and O–H groups in total. The van der Waals surface area contributed by atoms with Gasteiger partial charge in [0.05, 0.1) is 6.07 Å². The van der Waals surface area contributed by atoms with Crippen molar-refractivity contribution >= 4 is 0 Å². The predicted octanol–water partition coefficient (Wildman–Crippen LogP) is 2.02. The molecule has 1 heterocycles. The summed E-state index contributed by atoms with van der Waals surface area (Å²) < 4.78 is 0. The van der Waals surface area contributed by atoms with Crippen LogP contribution >= 0.6 is 0 Å². The maximum absolute atomic E-state index is 8.57. The molecular formula is C10H18N2. The van der Waals surface area contributed by atoms with E-state index in [1.807, 2.05) is 0 Å². The third kappa shape index (κ3) is 1.98. The van der Waals surface area contributed by atoms with Crippen LogP contribution in [0.1, 0.15) is 33.6 Å². The van der Waals surface area contributed by atoms with E-state index in [9.17, 15) is 0 Å². The smallest absolute Gasteiger partial charge is 0.0625 e. The normalized spacial score (nSPS) is 30.9. The Labute approximate surface area is 75.2 Å². The lowest BCUT2D eigenvalue weighted by Gasteiger charge is -2.25. The molecule has 0 amide bonds. The van der Waals surface area contributed by atoms with Crippen LogP contribution in [0.3, 0.4) is 0 Å². The highest BCUT2D eigenvalue weighted by molar-refractivity contribution is 4.88. The highest BCUT2D eigenvalue weighted by Crippen LogP contribution is 2.26. The van der Waals surface area contributed by atoms with Gasteiger partial charge in [0.2, 0.25) is 0 Å². The Morgan fingerprint density at radius 1 is 1.58 bits per heavy atom. The number of rotatable bonds is 2. The quantitative estimate of drug-likeness (QED) is 0.627. The average molecular weight is 166 g/mol. The molecule has 0 aromatic rings. The van der Waals surface area contributed by atoms with E-state index in [0.717, 1.165) is 13.0 Å². The molecule has 1 rings (SSSR count). The number of hydrogen-bond acceptors (Lipinski definition) is 2. The van der Waals surface area contributed by atoms with Crippen LogP contribution in [-0.4, -0.2) is 23.5 Å². The Bertz CT molecular complexity index is 181. The van der Waals surface area contributed by atoms with Crippen LogP contribution in [0.15, 0.2) is 0 Å². The van der Waals surface area contributed by atoms with Crippen molar-refractivity contribution in [1.29, 1.82) is 5.26 Å². The van der Waals surface area contributed by atoms with Gasteiger partial charge in [0.15, 0.2) is 0 Å².